The van der Waals surface area contributed by atoms with Crippen LogP contribution in [-0.4, -0.2) is 9.97 Å². The molecule has 1 aromatic carbocycles. The van der Waals surface area contributed by atoms with Gasteiger partial charge in [0, 0.05) is 24.6 Å². The number of anilines is 2. The van der Waals surface area contributed by atoms with Crippen molar-refractivity contribution >= 4 is 11.5 Å². The summed E-state index contributed by atoms with van der Waals surface area (Å²) in [4.78, 5) is 7.95. The summed E-state index contributed by atoms with van der Waals surface area (Å²) in [5, 5.41) is 2.97. The van der Waals surface area contributed by atoms with Crippen LogP contribution in [0.2, 0.25) is 0 Å². The number of aromatic nitrogens is 2. The van der Waals surface area contributed by atoms with Crippen LogP contribution >= 0.6 is 0 Å². The Morgan fingerprint density at radius 1 is 1.31 bits per heavy atom. The lowest BCUT2D eigenvalue weighted by Crippen LogP contribution is -2.03. The molecule has 0 spiro atoms. The first-order chi connectivity index (χ1) is 7.79. The summed E-state index contributed by atoms with van der Waals surface area (Å²) >= 11 is 0. The molecular formula is C11H11FN4. The number of nitrogens with zero attached hydrogens (tertiary/aromatic N) is 2. The van der Waals surface area contributed by atoms with Gasteiger partial charge in [0.1, 0.15) is 11.6 Å². The fourth-order valence-corrected chi connectivity index (χ4v) is 1.34. The Morgan fingerprint density at radius 2 is 2.19 bits per heavy atom. The molecule has 82 valence electrons. The molecule has 0 atom stereocenters. The zero-order chi connectivity index (χ0) is 11.4. The molecule has 0 amide bonds. The van der Waals surface area contributed by atoms with Crippen molar-refractivity contribution in [3.8, 4) is 0 Å². The Hall–Kier alpha value is -2.01. The number of hydrogen-bond donors (Lipinski definition) is 2. The van der Waals surface area contributed by atoms with Crippen molar-refractivity contribution < 1.29 is 4.39 Å². The number of rotatable bonds is 3. The molecule has 0 aliphatic carbocycles. The number of nitrogens with one attached hydrogen (secondary N) is 1. The number of hydrogen-bond acceptors (Lipinski definition) is 4. The van der Waals surface area contributed by atoms with E-state index in [9.17, 15) is 4.39 Å². The summed E-state index contributed by atoms with van der Waals surface area (Å²) in [5.41, 5.74) is 7.00. The monoisotopic (exact) mass is 218 g/mol. The summed E-state index contributed by atoms with van der Waals surface area (Å²) < 4.78 is 13.1. The van der Waals surface area contributed by atoms with Crippen molar-refractivity contribution in [1.29, 1.82) is 0 Å². The average Bonchev–Trinajstić information content (AvgIpc) is 2.31. The quantitative estimate of drug-likeness (QED) is 0.824. The highest BCUT2D eigenvalue weighted by atomic mass is 19.1. The molecule has 16 heavy (non-hydrogen) atoms. The van der Waals surface area contributed by atoms with Crippen LogP contribution in [0, 0.1) is 5.82 Å². The van der Waals surface area contributed by atoms with E-state index in [1.807, 2.05) is 0 Å². The molecule has 3 N–H and O–H groups in total. The molecule has 2 aromatic rings. The van der Waals surface area contributed by atoms with Crippen molar-refractivity contribution in [3.63, 3.8) is 0 Å². The van der Waals surface area contributed by atoms with Gasteiger partial charge >= 0.3 is 0 Å². The third kappa shape index (κ3) is 2.32. The van der Waals surface area contributed by atoms with Crippen LogP contribution in [0.25, 0.3) is 0 Å². The topological polar surface area (TPSA) is 63.8 Å². The Bertz CT molecular complexity index is 473. The lowest BCUT2D eigenvalue weighted by atomic mass is 10.1. The van der Waals surface area contributed by atoms with Crippen molar-refractivity contribution in [1.82, 2.24) is 9.97 Å². The minimum absolute atomic E-state index is 0.316. The maximum Gasteiger partial charge on any atom is 0.148 e. The van der Waals surface area contributed by atoms with Gasteiger partial charge in [-0.05, 0) is 17.7 Å². The van der Waals surface area contributed by atoms with Crippen LogP contribution < -0.4 is 11.1 Å². The minimum Gasteiger partial charge on any atom is -0.339 e. The number of nitrogens with two attached hydrogens (primary N) is 1. The molecule has 4 nitrogen and oxygen atoms in total. The Morgan fingerprint density at radius 3 is 2.88 bits per heavy atom. The van der Waals surface area contributed by atoms with E-state index in [0.717, 1.165) is 5.56 Å². The first-order valence-corrected chi connectivity index (χ1v) is 4.81. The first-order valence-electron chi connectivity index (χ1n) is 4.81. The van der Waals surface area contributed by atoms with Gasteiger partial charge in [-0.15, -0.1) is 0 Å². The molecule has 0 saturated heterocycles. The second-order valence-electron chi connectivity index (χ2n) is 3.22. The molecule has 1 heterocycles. The van der Waals surface area contributed by atoms with E-state index in [1.165, 1.54) is 12.1 Å². The predicted molar refractivity (Wildman–Crippen MR) is 59.6 cm³/mol. The molecule has 1 aromatic heterocycles. The summed E-state index contributed by atoms with van der Waals surface area (Å²) in [7, 11) is 0. The van der Waals surface area contributed by atoms with Crippen LogP contribution in [0.5, 0.6) is 0 Å². The number of benzene rings is 1. The molecule has 0 bridgehead atoms. The minimum atomic E-state index is -0.316. The van der Waals surface area contributed by atoms with Gasteiger partial charge in [0.05, 0.1) is 6.20 Å². The first kappa shape index (κ1) is 10.5. The van der Waals surface area contributed by atoms with Crippen LogP contribution in [0.3, 0.4) is 0 Å². The zero-order valence-electron chi connectivity index (χ0n) is 8.52. The third-order valence-corrected chi connectivity index (χ3v) is 2.12. The number of halogens is 1. The molecule has 0 aliphatic heterocycles. The SMILES string of the molecule is NCc1ccc(F)cc1Nc1cnccn1. The van der Waals surface area contributed by atoms with E-state index in [-0.39, 0.29) is 5.82 Å². The fourth-order valence-electron chi connectivity index (χ4n) is 1.34. The van der Waals surface area contributed by atoms with Crippen LogP contribution in [0.15, 0.2) is 36.8 Å². The van der Waals surface area contributed by atoms with E-state index >= 15 is 0 Å². The van der Waals surface area contributed by atoms with Crippen molar-refractivity contribution in [2.75, 3.05) is 5.32 Å². The maximum atomic E-state index is 13.1. The summed E-state index contributed by atoms with van der Waals surface area (Å²) in [6.07, 6.45) is 4.69. The van der Waals surface area contributed by atoms with E-state index in [1.54, 1.807) is 24.7 Å². The van der Waals surface area contributed by atoms with Crippen molar-refractivity contribution in [2.24, 2.45) is 5.73 Å². The highest BCUT2D eigenvalue weighted by molar-refractivity contribution is 5.59. The van der Waals surface area contributed by atoms with Gasteiger partial charge < -0.3 is 11.1 Å². The van der Waals surface area contributed by atoms with Gasteiger partial charge in [-0.1, -0.05) is 6.07 Å². The van der Waals surface area contributed by atoms with Crippen molar-refractivity contribution in [2.45, 2.75) is 6.54 Å². The second-order valence-corrected chi connectivity index (χ2v) is 3.22. The van der Waals surface area contributed by atoms with Gasteiger partial charge in [-0.3, -0.25) is 4.98 Å². The summed E-state index contributed by atoms with van der Waals surface area (Å²) in [5.74, 6) is 0.242. The third-order valence-electron chi connectivity index (χ3n) is 2.12. The smallest absolute Gasteiger partial charge is 0.148 e. The standard InChI is InChI=1S/C11H11FN4/c12-9-2-1-8(6-13)10(5-9)16-11-7-14-3-4-15-11/h1-5,7H,6,13H2,(H,15,16). The Labute approximate surface area is 92.3 Å². The van der Waals surface area contributed by atoms with E-state index < -0.39 is 0 Å². The Kier molecular flexibility index (Phi) is 3.07. The molecule has 0 aliphatic rings. The molecule has 5 heteroatoms. The highest BCUT2D eigenvalue weighted by Crippen LogP contribution is 2.19. The van der Waals surface area contributed by atoms with Crippen molar-refractivity contribution in [3.05, 3.63) is 48.2 Å². The Balaban J connectivity index is 2.30. The fraction of sp³-hybridized carbons (Fsp3) is 0.0909. The molecule has 0 unspecified atom stereocenters. The molecule has 0 saturated carbocycles. The van der Waals surface area contributed by atoms with E-state index in [2.05, 4.69) is 15.3 Å². The zero-order valence-corrected chi connectivity index (χ0v) is 8.52. The van der Waals surface area contributed by atoms with Gasteiger partial charge in [-0.25, -0.2) is 9.37 Å². The molecule has 2 rings (SSSR count). The highest BCUT2D eigenvalue weighted by Gasteiger charge is 2.03. The van der Waals surface area contributed by atoms with E-state index in [4.69, 9.17) is 5.73 Å². The summed E-state index contributed by atoms with van der Waals surface area (Å²) in [6, 6.07) is 4.41. The second kappa shape index (κ2) is 4.67. The van der Waals surface area contributed by atoms with Crippen LogP contribution in [-0.2, 0) is 6.54 Å². The lowest BCUT2D eigenvalue weighted by molar-refractivity contribution is 0.627. The van der Waals surface area contributed by atoms with Gasteiger partial charge in [0.25, 0.3) is 0 Å². The van der Waals surface area contributed by atoms with Gasteiger partial charge in [0.2, 0.25) is 0 Å². The van der Waals surface area contributed by atoms with Crippen LogP contribution in [0.1, 0.15) is 5.56 Å². The summed E-state index contributed by atoms with van der Waals surface area (Å²) in [6.45, 7) is 0.336. The lowest BCUT2D eigenvalue weighted by Gasteiger charge is -2.09. The molecule has 0 radical (unpaired) electrons. The molecular weight excluding hydrogens is 207 g/mol. The maximum absolute atomic E-state index is 13.1. The van der Waals surface area contributed by atoms with Gasteiger partial charge in [0.15, 0.2) is 0 Å². The van der Waals surface area contributed by atoms with Gasteiger partial charge in [-0.2, -0.15) is 0 Å². The predicted octanol–water partition coefficient (Wildman–Crippen LogP) is 1.82. The average molecular weight is 218 g/mol. The van der Waals surface area contributed by atoms with E-state index in [0.29, 0.717) is 18.1 Å². The largest absolute Gasteiger partial charge is 0.339 e. The van der Waals surface area contributed by atoms with Crippen LogP contribution in [0.4, 0.5) is 15.9 Å². The molecule has 0 fully saturated rings. The normalized spacial score (nSPS) is 10.1.